The maximum atomic E-state index is 13.2. The molecular weight excluding hydrogens is 352 g/mol. The van der Waals surface area contributed by atoms with Gasteiger partial charge in [-0.15, -0.1) is 5.10 Å². The lowest BCUT2D eigenvalue weighted by Gasteiger charge is -2.01. The van der Waals surface area contributed by atoms with Gasteiger partial charge in [-0.2, -0.15) is 5.10 Å². The van der Waals surface area contributed by atoms with Crippen LogP contribution in [-0.2, 0) is 6.42 Å². The normalized spacial score (nSPS) is 11.2. The van der Waals surface area contributed by atoms with Crippen LogP contribution in [0.3, 0.4) is 0 Å². The molecule has 0 saturated heterocycles. The van der Waals surface area contributed by atoms with Crippen molar-refractivity contribution in [3.8, 4) is 0 Å². The fraction of sp³-hybridized carbons (Fsp3) is 0.0625. The summed E-state index contributed by atoms with van der Waals surface area (Å²) in [5.74, 6) is -1.54. The molecule has 6 nitrogen and oxygen atoms in total. The van der Waals surface area contributed by atoms with E-state index in [0.29, 0.717) is 16.4 Å². The summed E-state index contributed by atoms with van der Waals surface area (Å²) in [5.41, 5.74) is 1.96. The summed E-state index contributed by atoms with van der Waals surface area (Å²) in [6.45, 7) is 0. The number of aromatic amines is 1. The summed E-state index contributed by atoms with van der Waals surface area (Å²) in [4.78, 5) is 0. The Morgan fingerprint density at radius 2 is 1.96 bits per heavy atom. The van der Waals surface area contributed by atoms with Gasteiger partial charge in [0.2, 0.25) is 5.89 Å². The zero-order valence-electron chi connectivity index (χ0n) is 12.6. The van der Waals surface area contributed by atoms with Gasteiger partial charge in [0.25, 0.3) is 0 Å². The molecule has 2 aromatic heterocycles. The van der Waals surface area contributed by atoms with Gasteiger partial charge < -0.3 is 9.73 Å². The molecule has 0 saturated carbocycles. The predicted octanol–water partition coefficient (Wildman–Crippen LogP) is 4.21. The number of halogens is 3. The Morgan fingerprint density at radius 1 is 1.08 bits per heavy atom. The van der Waals surface area contributed by atoms with E-state index in [4.69, 9.17) is 16.0 Å². The van der Waals surface area contributed by atoms with E-state index in [1.165, 1.54) is 6.07 Å². The van der Waals surface area contributed by atoms with Gasteiger partial charge in [0.15, 0.2) is 11.6 Å². The van der Waals surface area contributed by atoms with Crippen LogP contribution in [0.4, 0.5) is 20.5 Å². The first-order valence-corrected chi connectivity index (χ1v) is 7.63. The monoisotopic (exact) mass is 361 g/mol. The van der Waals surface area contributed by atoms with Gasteiger partial charge in [0.05, 0.1) is 11.9 Å². The van der Waals surface area contributed by atoms with E-state index in [1.807, 2.05) is 0 Å². The van der Waals surface area contributed by atoms with Gasteiger partial charge in [-0.3, -0.25) is 5.10 Å². The number of anilines is 2. The first-order chi connectivity index (χ1) is 12.1. The molecule has 0 aliphatic rings. The van der Waals surface area contributed by atoms with Crippen molar-refractivity contribution in [1.29, 1.82) is 0 Å². The SMILES string of the molecule is Fc1ccc(Cc2nnc(Nc3ccc4n[nH]c(Cl)c4c3)o2)cc1F. The predicted molar refractivity (Wildman–Crippen MR) is 87.8 cm³/mol. The van der Waals surface area contributed by atoms with Gasteiger partial charge in [0.1, 0.15) is 5.15 Å². The quantitative estimate of drug-likeness (QED) is 0.569. The second-order valence-corrected chi connectivity index (χ2v) is 5.70. The van der Waals surface area contributed by atoms with Crippen molar-refractivity contribution in [2.45, 2.75) is 6.42 Å². The highest BCUT2D eigenvalue weighted by atomic mass is 35.5. The van der Waals surface area contributed by atoms with Crippen molar-refractivity contribution in [1.82, 2.24) is 20.4 Å². The molecule has 2 N–H and O–H groups in total. The van der Waals surface area contributed by atoms with Crippen molar-refractivity contribution in [3.63, 3.8) is 0 Å². The lowest BCUT2D eigenvalue weighted by Crippen LogP contribution is -1.92. The molecule has 0 atom stereocenters. The van der Waals surface area contributed by atoms with E-state index in [9.17, 15) is 8.78 Å². The minimum Gasteiger partial charge on any atom is -0.408 e. The fourth-order valence-electron chi connectivity index (χ4n) is 2.38. The summed E-state index contributed by atoms with van der Waals surface area (Å²) in [5, 5.41) is 18.7. The molecule has 4 aromatic rings. The number of nitrogens with zero attached hydrogens (tertiary/aromatic N) is 3. The largest absolute Gasteiger partial charge is 0.408 e. The Hall–Kier alpha value is -3.00. The molecule has 4 rings (SSSR count). The molecule has 0 fully saturated rings. The molecular formula is C16H10ClF2N5O. The summed E-state index contributed by atoms with van der Waals surface area (Å²) in [6.07, 6.45) is 0.193. The molecule has 0 spiro atoms. The molecule has 0 bridgehead atoms. The average Bonchev–Trinajstić information content (AvgIpc) is 3.18. The van der Waals surface area contributed by atoms with E-state index in [0.717, 1.165) is 23.0 Å². The Kier molecular flexibility index (Phi) is 3.81. The fourth-order valence-corrected chi connectivity index (χ4v) is 2.57. The molecule has 0 radical (unpaired) electrons. The zero-order valence-corrected chi connectivity index (χ0v) is 13.3. The van der Waals surface area contributed by atoms with Crippen molar-refractivity contribution >= 4 is 34.2 Å². The van der Waals surface area contributed by atoms with E-state index in [-0.39, 0.29) is 18.3 Å². The number of hydrogen-bond donors (Lipinski definition) is 2. The van der Waals surface area contributed by atoms with Crippen LogP contribution in [-0.4, -0.2) is 20.4 Å². The second-order valence-electron chi connectivity index (χ2n) is 5.32. The van der Waals surface area contributed by atoms with Gasteiger partial charge in [0, 0.05) is 11.1 Å². The third-order valence-electron chi connectivity index (χ3n) is 3.57. The standard InChI is InChI=1S/C16H10ClF2N5O/c17-15-10-7-9(2-4-13(10)21-23-15)20-16-24-22-14(25-16)6-8-1-3-11(18)12(19)5-8/h1-5,7H,6H2,(H,20,24)(H,21,23). The Labute approximate surface area is 144 Å². The van der Waals surface area contributed by atoms with E-state index >= 15 is 0 Å². The van der Waals surface area contributed by atoms with Gasteiger partial charge in [-0.05, 0) is 35.9 Å². The van der Waals surface area contributed by atoms with Crippen molar-refractivity contribution in [2.24, 2.45) is 0 Å². The summed E-state index contributed by atoms with van der Waals surface area (Å²) < 4.78 is 31.7. The topological polar surface area (TPSA) is 79.6 Å². The number of fused-ring (bicyclic) bond motifs is 1. The van der Waals surface area contributed by atoms with Crippen LogP contribution >= 0.6 is 11.6 Å². The van der Waals surface area contributed by atoms with Crippen LogP contribution in [0, 0.1) is 11.6 Å². The minimum atomic E-state index is -0.916. The first-order valence-electron chi connectivity index (χ1n) is 7.25. The summed E-state index contributed by atoms with van der Waals surface area (Å²) >= 11 is 6.01. The Bertz CT molecular complexity index is 1060. The van der Waals surface area contributed by atoms with Crippen LogP contribution in [0.5, 0.6) is 0 Å². The lowest BCUT2D eigenvalue weighted by atomic mass is 10.1. The number of aromatic nitrogens is 4. The van der Waals surface area contributed by atoms with E-state index in [2.05, 4.69) is 25.7 Å². The average molecular weight is 362 g/mol. The van der Waals surface area contributed by atoms with Crippen molar-refractivity contribution in [3.05, 3.63) is 64.6 Å². The first kappa shape index (κ1) is 15.5. The maximum absolute atomic E-state index is 13.2. The second kappa shape index (κ2) is 6.14. The van der Waals surface area contributed by atoms with Crippen LogP contribution in [0.15, 0.2) is 40.8 Å². The van der Waals surface area contributed by atoms with Gasteiger partial charge in [-0.25, -0.2) is 8.78 Å². The molecule has 0 aliphatic carbocycles. The third kappa shape index (κ3) is 3.16. The molecule has 9 heteroatoms. The number of benzene rings is 2. The molecule has 126 valence electrons. The molecule has 2 aromatic carbocycles. The highest BCUT2D eigenvalue weighted by Gasteiger charge is 2.10. The Balaban J connectivity index is 1.52. The Morgan fingerprint density at radius 3 is 2.80 bits per heavy atom. The van der Waals surface area contributed by atoms with Gasteiger partial charge in [-0.1, -0.05) is 22.8 Å². The zero-order chi connectivity index (χ0) is 17.4. The van der Waals surface area contributed by atoms with E-state index < -0.39 is 11.6 Å². The smallest absolute Gasteiger partial charge is 0.320 e. The highest BCUT2D eigenvalue weighted by Crippen LogP contribution is 2.25. The highest BCUT2D eigenvalue weighted by molar-refractivity contribution is 6.34. The molecule has 0 aliphatic heterocycles. The van der Waals surface area contributed by atoms with Crippen molar-refractivity contribution in [2.75, 3.05) is 5.32 Å². The number of rotatable bonds is 4. The summed E-state index contributed by atoms with van der Waals surface area (Å²) in [6, 6.07) is 9.17. The third-order valence-corrected chi connectivity index (χ3v) is 3.85. The molecule has 25 heavy (non-hydrogen) atoms. The molecule has 2 heterocycles. The number of H-pyrrole nitrogens is 1. The maximum Gasteiger partial charge on any atom is 0.320 e. The lowest BCUT2D eigenvalue weighted by molar-refractivity contribution is 0.502. The van der Waals surface area contributed by atoms with Gasteiger partial charge >= 0.3 is 6.01 Å². The van der Waals surface area contributed by atoms with Crippen molar-refractivity contribution < 1.29 is 13.2 Å². The van der Waals surface area contributed by atoms with Crippen LogP contribution in [0.25, 0.3) is 10.9 Å². The van der Waals surface area contributed by atoms with Crippen LogP contribution in [0.2, 0.25) is 5.15 Å². The molecule has 0 unspecified atom stereocenters. The van der Waals surface area contributed by atoms with Crippen LogP contribution < -0.4 is 5.32 Å². The van der Waals surface area contributed by atoms with Crippen LogP contribution in [0.1, 0.15) is 11.5 Å². The number of hydrogen-bond acceptors (Lipinski definition) is 5. The molecule has 0 amide bonds. The minimum absolute atomic E-state index is 0.177. The summed E-state index contributed by atoms with van der Waals surface area (Å²) in [7, 11) is 0. The van der Waals surface area contributed by atoms with E-state index in [1.54, 1.807) is 18.2 Å². The number of nitrogens with one attached hydrogen (secondary N) is 2.